The Morgan fingerprint density at radius 2 is 1.90 bits per heavy atom. The van der Waals surface area contributed by atoms with Crippen LogP contribution in [0.4, 0.5) is 4.39 Å². The van der Waals surface area contributed by atoms with E-state index in [2.05, 4.69) is 22.9 Å². The van der Waals surface area contributed by atoms with E-state index in [1.807, 2.05) is 24.3 Å². The zero-order valence-corrected chi connectivity index (χ0v) is 13.4. The predicted octanol–water partition coefficient (Wildman–Crippen LogP) is 4.65. The number of benzene rings is 2. The molecule has 0 bridgehead atoms. The number of aliphatic hydroxyl groups is 1. The van der Waals surface area contributed by atoms with E-state index in [-0.39, 0.29) is 5.82 Å². The minimum atomic E-state index is -0.632. The predicted molar refractivity (Wildman–Crippen MR) is 85.0 cm³/mol. The van der Waals surface area contributed by atoms with Crippen LogP contribution in [-0.4, -0.2) is 11.7 Å². The highest BCUT2D eigenvalue weighted by atomic mass is 79.9. The number of hydrogen-bond acceptors (Lipinski definition) is 2. The van der Waals surface area contributed by atoms with Gasteiger partial charge in [-0.25, -0.2) is 4.39 Å². The van der Waals surface area contributed by atoms with Crippen molar-refractivity contribution in [3.8, 4) is 5.75 Å². The van der Waals surface area contributed by atoms with E-state index in [9.17, 15) is 9.50 Å². The Kier molecular flexibility index (Phi) is 5.76. The number of halogens is 2. The molecule has 2 aromatic rings. The Morgan fingerprint density at radius 1 is 1.19 bits per heavy atom. The van der Waals surface area contributed by atoms with Crippen molar-refractivity contribution >= 4 is 15.9 Å². The number of ether oxygens (including phenoxy) is 1. The maximum atomic E-state index is 13.0. The van der Waals surface area contributed by atoms with Crippen LogP contribution in [0.3, 0.4) is 0 Å². The molecule has 4 heteroatoms. The van der Waals surface area contributed by atoms with Crippen molar-refractivity contribution in [3.05, 3.63) is 63.9 Å². The molecule has 0 saturated carbocycles. The van der Waals surface area contributed by atoms with Gasteiger partial charge in [0.1, 0.15) is 11.6 Å². The van der Waals surface area contributed by atoms with Gasteiger partial charge in [-0.15, -0.1) is 0 Å². The molecule has 0 amide bonds. The van der Waals surface area contributed by atoms with E-state index < -0.39 is 6.10 Å². The summed E-state index contributed by atoms with van der Waals surface area (Å²) in [5.74, 6) is 0.508. The standard InChI is InChI=1S/C17H18BrFO2/c1-2-9-21-15-7-4-12(5-8-15)17(20)10-13-3-6-14(19)11-16(13)18/h3-8,11,17,20H,2,9-10H2,1H3. The summed E-state index contributed by atoms with van der Waals surface area (Å²) in [5.41, 5.74) is 1.69. The Hall–Kier alpha value is -1.39. The monoisotopic (exact) mass is 352 g/mol. The van der Waals surface area contributed by atoms with Gasteiger partial charge in [0, 0.05) is 10.9 Å². The molecule has 0 fully saturated rings. The SMILES string of the molecule is CCCOc1ccc(C(O)Cc2ccc(F)cc2Br)cc1. The third-order valence-electron chi connectivity index (χ3n) is 3.17. The summed E-state index contributed by atoms with van der Waals surface area (Å²) in [4.78, 5) is 0. The first-order chi connectivity index (χ1) is 10.1. The van der Waals surface area contributed by atoms with Gasteiger partial charge in [0.25, 0.3) is 0 Å². The molecule has 1 unspecified atom stereocenters. The van der Waals surface area contributed by atoms with Gasteiger partial charge in [0.15, 0.2) is 0 Å². The maximum absolute atomic E-state index is 13.0. The van der Waals surface area contributed by atoms with Crippen LogP contribution in [0.1, 0.15) is 30.6 Å². The summed E-state index contributed by atoms with van der Waals surface area (Å²) < 4.78 is 19.2. The van der Waals surface area contributed by atoms with Crippen molar-refractivity contribution in [2.24, 2.45) is 0 Å². The normalized spacial score (nSPS) is 12.2. The zero-order chi connectivity index (χ0) is 15.2. The van der Waals surface area contributed by atoms with Gasteiger partial charge in [-0.05, 0) is 41.8 Å². The molecule has 0 radical (unpaired) electrons. The average molecular weight is 353 g/mol. The minimum Gasteiger partial charge on any atom is -0.494 e. The molecular formula is C17H18BrFO2. The van der Waals surface area contributed by atoms with Crippen molar-refractivity contribution < 1.29 is 14.2 Å². The fraction of sp³-hybridized carbons (Fsp3) is 0.294. The van der Waals surface area contributed by atoms with Gasteiger partial charge >= 0.3 is 0 Å². The quantitative estimate of drug-likeness (QED) is 0.819. The average Bonchev–Trinajstić information content (AvgIpc) is 2.48. The van der Waals surface area contributed by atoms with Crippen molar-refractivity contribution in [2.45, 2.75) is 25.9 Å². The third-order valence-corrected chi connectivity index (χ3v) is 3.90. The van der Waals surface area contributed by atoms with Gasteiger partial charge in [-0.2, -0.15) is 0 Å². The first-order valence-electron chi connectivity index (χ1n) is 6.95. The summed E-state index contributed by atoms with van der Waals surface area (Å²) in [6, 6.07) is 11.9. The minimum absolute atomic E-state index is 0.294. The second-order valence-electron chi connectivity index (χ2n) is 4.87. The summed E-state index contributed by atoms with van der Waals surface area (Å²) in [6.45, 7) is 2.74. The topological polar surface area (TPSA) is 29.5 Å². The fourth-order valence-electron chi connectivity index (χ4n) is 2.02. The van der Waals surface area contributed by atoms with Gasteiger partial charge in [0.05, 0.1) is 12.7 Å². The summed E-state index contributed by atoms with van der Waals surface area (Å²) >= 11 is 3.32. The van der Waals surface area contributed by atoms with Gasteiger partial charge in [-0.1, -0.05) is 41.1 Å². The lowest BCUT2D eigenvalue weighted by molar-refractivity contribution is 0.178. The van der Waals surface area contributed by atoms with E-state index in [0.29, 0.717) is 17.5 Å². The molecule has 0 aliphatic carbocycles. The Balaban J connectivity index is 2.04. The lowest BCUT2D eigenvalue weighted by atomic mass is 10.0. The Bertz CT molecular complexity index is 584. The van der Waals surface area contributed by atoms with Crippen molar-refractivity contribution in [2.75, 3.05) is 6.61 Å². The molecule has 0 saturated heterocycles. The van der Waals surface area contributed by atoms with Crippen molar-refractivity contribution in [1.82, 2.24) is 0 Å². The molecule has 1 atom stereocenters. The molecule has 0 heterocycles. The van der Waals surface area contributed by atoms with Crippen LogP contribution in [0.5, 0.6) is 5.75 Å². The molecule has 2 rings (SSSR count). The first kappa shape index (κ1) is 16.0. The van der Waals surface area contributed by atoms with Crippen molar-refractivity contribution in [1.29, 1.82) is 0 Å². The lowest BCUT2D eigenvalue weighted by Gasteiger charge is -2.13. The highest BCUT2D eigenvalue weighted by molar-refractivity contribution is 9.10. The van der Waals surface area contributed by atoms with Crippen LogP contribution in [0.15, 0.2) is 46.9 Å². The first-order valence-corrected chi connectivity index (χ1v) is 7.74. The zero-order valence-electron chi connectivity index (χ0n) is 11.9. The Labute approximate surface area is 132 Å². The fourth-order valence-corrected chi connectivity index (χ4v) is 2.53. The smallest absolute Gasteiger partial charge is 0.124 e. The summed E-state index contributed by atoms with van der Waals surface area (Å²) in [5, 5.41) is 10.3. The molecule has 0 spiro atoms. The molecule has 0 aliphatic rings. The van der Waals surface area contributed by atoms with Crippen molar-refractivity contribution in [3.63, 3.8) is 0 Å². The second kappa shape index (κ2) is 7.57. The van der Waals surface area contributed by atoms with Crippen LogP contribution < -0.4 is 4.74 Å². The number of rotatable bonds is 6. The highest BCUT2D eigenvalue weighted by Crippen LogP contribution is 2.25. The molecule has 2 nitrogen and oxygen atoms in total. The molecule has 0 aromatic heterocycles. The van der Waals surface area contributed by atoms with E-state index in [1.165, 1.54) is 12.1 Å². The molecule has 0 aliphatic heterocycles. The van der Waals surface area contributed by atoms with Crippen LogP contribution in [0.2, 0.25) is 0 Å². The van der Waals surface area contributed by atoms with Gasteiger partial charge < -0.3 is 9.84 Å². The van der Waals surface area contributed by atoms with E-state index in [1.54, 1.807) is 6.07 Å². The Morgan fingerprint density at radius 3 is 2.52 bits per heavy atom. The molecule has 1 N–H and O–H groups in total. The van der Waals surface area contributed by atoms with Crippen LogP contribution in [0.25, 0.3) is 0 Å². The molecule has 112 valence electrons. The maximum Gasteiger partial charge on any atom is 0.124 e. The van der Waals surface area contributed by atoms with E-state index in [0.717, 1.165) is 23.3 Å². The van der Waals surface area contributed by atoms with Crippen LogP contribution >= 0.6 is 15.9 Å². The third kappa shape index (κ3) is 4.55. The van der Waals surface area contributed by atoms with Gasteiger partial charge in [0.2, 0.25) is 0 Å². The van der Waals surface area contributed by atoms with Gasteiger partial charge in [-0.3, -0.25) is 0 Å². The second-order valence-corrected chi connectivity index (χ2v) is 5.73. The van der Waals surface area contributed by atoms with E-state index in [4.69, 9.17) is 4.74 Å². The number of aliphatic hydroxyl groups excluding tert-OH is 1. The van der Waals surface area contributed by atoms with Crippen LogP contribution in [0, 0.1) is 5.82 Å². The summed E-state index contributed by atoms with van der Waals surface area (Å²) in [6.07, 6.45) is 0.755. The molecule has 2 aromatic carbocycles. The molecule has 21 heavy (non-hydrogen) atoms. The molecular weight excluding hydrogens is 335 g/mol. The van der Waals surface area contributed by atoms with E-state index >= 15 is 0 Å². The summed E-state index contributed by atoms with van der Waals surface area (Å²) in [7, 11) is 0. The lowest BCUT2D eigenvalue weighted by Crippen LogP contribution is -2.03. The largest absolute Gasteiger partial charge is 0.494 e. The highest BCUT2D eigenvalue weighted by Gasteiger charge is 2.11. The number of hydrogen-bond donors (Lipinski definition) is 1. The van der Waals surface area contributed by atoms with Crippen LogP contribution in [-0.2, 0) is 6.42 Å².